The van der Waals surface area contributed by atoms with Crippen molar-refractivity contribution in [2.75, 3.05) is 5.32 Å². The van der Waals surface area contributed by atoms with E-state index >= 15 is 0 Å². The Hall–Kier alpha value is -2.42. The van der Waals surface area contributed by atoms with Crippen LogP contribution in [0.25, 0.3) is 10.9 Å². The van der Waals surface area contributed by atoms with E-state index < -0.39 is 15.1 Å². The Morgan fingerprint density at radius 3 is 2.17 bits per heavy atom. The molecule has 1 heterocycles. The van der Waals surface area contributed by atoms with Crippen LogP contribution >= 0.6 is 10.2 Å². The SMILES string of the molecule is FS(F)(F)(F)(F)c1ccc(CNc2ncnc3ccccc23)cc1. The highest BCUT2D eigenvalue weighted by Gasteiger charge is 2.65. The third kappa shape index (κ3) is 3.56. The Bertz CT molecular complexity index is 890. The molecule has 0 aliphatic rings. The van der Waals surface area contributed by atoms with Crippen LogP contribution < -0.4 is 5.32 Å². The molecule has 0 saturated carbocycles. The summed E-state index contributed by atoms with van der Waals surface area (Å²) in [5.74, 6) is 0.511. The summed E-state index contributed by atoms with van der Waals surface area (Å²) >= 11 is 0. The van der Waals surface area contributed by atoms with Gasteiger partial charge in [-0.2, -0.15) is 0 Å². The van der Waals surface area contributed by atoms with Gasteiger partial charge in [-0.25, -0.2) is 9.97 Å². The van der Waals surface area contributed by atoms with E-state index in [1.807, 2.05) is 6.07 Å². The van der Waals surface area contributed by atoms with Crippen molar-refractivity contribution < 1.29 is 19.4 Å². The molecular weight excluding hydrogens is 349 g/mol. The fourth-order valence-electron chi connectivity index (χ4n) is 2.20. The average Bonchev–Trinajstić information content (AvgIpc) is 2.51. The van der Waals surface area contributed by atoms with Crippen molar-refractivity contribution in [2.45, 2.75) is 11.4 Å². The summed E-state index contributed by atoms with van der Waals surface area (Å²) in [4.78, 5) is 6.28. The third-order valence-electron chi connectivity index (χ3n) is 3.37. The van der Waals surface area contributed by atoms with Gasteiger partial charge in [0.2, 0.25) is 0 Å². The van der Waals surface area contributed by atoms with Crippen LogP contribution in [-0.2, 0) is 6.54 Å². The maximum Gasteiger partial charge on any atom is 0.310 e. The lowest BCUT2D eigenvalue weighted by Crippen LogP contribution is -2.07. The number of anilines is 1. The smallest absolute Gasteiger partial charge is 0.310 e. The molecule has 24 heavy (non-hydrogen) atoms. The maximum atomic E-state index is 12.7. The largest absolute Gasteiger partial charge is 0.365 e. The predicted molar refractivity (Wildman–Crippen MR) is 84.7 cm³/mol. The van der Waals surface area contributed by atoms with Crippen LogP contribution in [0.3, 0.4) is 0 Å². The standard InChI is InChI=1S/C15H12F5N3S/c16-24(17,18,19,20)12-7-5-11(6-8-12)9-21-15-13-3-1-2-4-14(13)22-10-23-15/h1-8,10H,9H2,(H,21,22,23). The lowest BCUT2D eigenvalue weighted by atomic mass is 10.2. The Morgan fingerprint density at radius 1 is 0.833 bits per heavy atom. The normalized spacial score (nSPS) is 14.9. The average molecular weight is 361 g/mol. The fraction of sp³-hybridized carbons (Fsp3) is 0.0667. The number of hydrogen-bond donors (Lipinski definition) is 1. The topological polar surface area (TPSA) is 37.8 Å². The minimum atomic E-state index is -9.63. The van der Waals surface area contributed by atoms with E-state index in [9.17, 15) is 19.4 Å². The van der Waals surface area contributed by atoms with Crippen LogP contribution in [0.5, 0.6) is 0 Å². The Morgan fingerprint density at radius 2 is 1.50 bits per heavy atom. The minimum absolute atomic E-state index is 0.140. The van der Waals surface area contributed by atoms with Crippen molar-refractivity contribution in [3.8, 4) is 0 Å². The van der Waals surface area contributed by atoms with E-state index in [4.69, 9.17) is 0 Å². The fourth-order valence-corrected chi connectivity index (χ4v) is 2.85. The molecule has 0 saturated heterocycles. The van der Waals surface area contributed by atoms with Crippen LogP contribution in [0.2, 0.25) is 0 Å². The second-order valence-electron chi connectivity index (χ2n) is 5.21. The van der Waals surface area contributed by atoms with Gasteiger partial charge in [0, 0.05) is 11.9 Å². The van der Waals surface area contributed by atoms with Crippen LogP contribution in [0.4, 0.5) is 25.2 Å². The van der Waals surface area contributed by atoms with Gasteiger partial charge in [-0.3, -0.25) is 0 Å². The first-order chi connectivity index (χ1) is 11.0. The molecule has 9 heteroatoms. The molecule has 1 N–H and O–H groups in total. The van der Waals surface area contributed by atoms with E-state index in [2.05, 4.69) is 15.3 Å². The van der Waals surface area contributed by atoms with Crippen LogP contribution in [-0.4, -0.2) is 9.97 Å². The number of benzene rings is 2. The third-order valence-corrected chi connectivity index (χ3v) is 4.53. The lowest BCUT2D eigenvalue weighted by molar-refractivity contribution is 0.364. The van der Waals surface area contributed by atoms with Gasteiger partial charge in [-0.15, -0.1) is 0 Å². The van der Waals surface area contributed by atoms with Crippen molar-refractivity contribution in [1.82, 2.24) is 9.97 Å². The number of nitrogens with zero attached hydrogens (tertiary/aromatic N) is 2. The summed E-state index contributed by atoms with van der Waals surface area (Å²) in [7, 11) is -9.63. The highest BCUT2D eigenvalue weighted by molar-refractivity contribution is 8.45. The molecule has 0 atom stereocenters. The van der Waals surface area contributed by atoms with Crippen molar-refractivity contribution in [3.05, 3.63) is 60.4 Å². The van der Waals surface area contributed by atoms with Crippen LogP contribution in [0.1, 0.15) is 5.56 Å². The van der Waals surface area contributed by atoms with Gasteiger partial charge in [0.25, 0.3) is 0 Å². The molecule has 1 aromatic heterocycles. The quantitative estimate of drug-likeness (QED) is 0.588. The molecule has 0 radical (unpaired) electrons. The second-order valence-corrected chi connectivity index (χ2v) is 7.62. The molecule has 0 amide bonds. The molecule has 3 aromatic rings. The van der Waals surface area contributed by atoms with Gasteiger partial charge in [0.15, 0.2) is 0 Å². The summed E-state index contributed by atoms with van der Waals surface area (Å²) in [6.45, 7) is 0.140. The zero-order valence-electron chi connectivity index (χ0n) is 12.1. The van der Waals surface area contributed by atoms with Gasteiger partial charge >= 0.3 is 10.2 Å². The zero-order chi connectivity index (χ0) is 17.5. The zero-order valence-corrected chi connectivity index (χ0v) is 12.9. The molecule has 0 aliphatic heterocycles. The number of halogens is 5. The summed E-state index contributed by atoms with van der Waals surface area (Å²) in [5, 5.41) is 3.72. The lowest BCUT2D eigenvalue weighted by Gasteiger charge is -2.40. The molecular formula is C15H12F5N3S. The van der Waals surface area contributed by atoms with Crippen molar-refractivity contribution >= 4 is 26.9 Å². The van der Waals surface area contributed by atoms with E-state index in [0.29, 0.717) is 29.0 Å². The Labute approximate surface area is 134 Å². The molecule has 128 valence electrons. The second kappa shape index (κ2) is 4.79. The van der Waals surface area contributed by atoms with Gasteiger partial charge in [-0.1, -0.05) is 43.7 Å². The number of aromatic nitrogens is 2. The Balaban J connectivity index is 1.80. The maximum absolute atomic E-state index is 12.7. The van der Waals surface area contributed by atoms with E-state index in [1.165, 1.54) is 6.33 Å². The van der Waals surface area contributed by atoms with E-state index in [-0.39, 0.29) is 6.54 Å². The first kappa shape index (κ1) is 16.4. The molecule has 3 nitrogen and oxygen atoms in total. The van der Waals surface area contributed by atoms with E-state index in [0.717, 1.165) is 17.5 Å². The number of nitrogens with one attached hydrogen (secondary N) is 1. The van der Waals surface area contributed by atoms with Crippen molar-refractivity contribution in [2.24, 2.45) is 0 Å². The highest BCUT2D eigenvalue weighted by atomic mass is 32.5. The molecule has 3 rings (SSSR count). The molecule has 0 spiro atoms. The Kier molecular flexibility index (Phi) is 3.28. The predicted octanol–water partition coefficient (Wildman–Crippen LogP) is 5.90. The summed E-state index contributed by atoms with van der Waals surface area (Å²) in [6, 6.07) is 10.1. The van der Waals surface area contributed by atoms with Crippen LogP contribution in [0, 0.1) is 0 Å². The number of rotatable bonds is 4. The summed E-state index contributed by atoms with van der Waals surface area (Å²) in [5.41, 5.74) is 1.13. The van der Waals surface area contributed by atoms with Gasteiger partial charge in [-0.05, 0) is 29.8 Å². The molecule has 0 bridgehead atoms. The monoisotopic (exact) mass is 361 g/mol. The number of hydrogen-bond acceptors (Lipinski definition) is 3. The van der Waals surface area contributed by atoms with E-state index in [1.54, 1.807) is 18.2 Å². The minimum Gasteiger partial charge on any atom is -0.365 e. The molecule has 0 unspecified atom stereocenters. The van der Waals surface area contributed by atoms with Gasteiger partial charge in [0.05, 0.1) is 5.52 Å². The van der Waals surface area contributed by atoms with Gasteiger partial charge < -0.3 is 5.32 Å². The first-order valence-electron chi connectivity index (χ1n) is 6.80. The molecule has 2 aromatic carbocycles. The first-order valence-corrected chi connectivity index (χ1v) is 8.75. The van der Waals surface area contributed by atoms with Gasteiger partial charge in [0.1, 0.15) is 17.0 Å². The molecule has 0 aliphatic carbocycles. The van der Waals surface area contributed by atoms with Crippen molar-refractivity contribution in [3.63, 3.8) is 0 Å². The summed E-state index contributed by atoms with van der Waals surface area (Å²) in [6.07, 6.45) is 1.36. The highest BCUT2D eigenvalue weighted by Crippen LogP contribution is 3.02. The summed E-state index contributed by atoms with van der Waals surface area (Å²) < 4.78 is 63.4. The molecule has 0 fully saturated rings. The number of fused-ring (bicyclic) bond motifs is 1. The van der Waals surface area contributed by atoms with Crippen LogP contribution in [0.15, 0.2) is 59.8 Å². The number of para-hydroxylation sites is 1. The van der Waals surface area contributed by atoms with Crippen molar-refractivity contribution in [1.29, 1.82) is 0 Å².